The maximum Gasteiger partial charge on any atom is 0.418 e. The molecule has 0 aliphatic rings. The molecule has 0 spiro atoms. The summed E-state index contributed by atoms with van der Waals surface area (Å²) in [6.45, 7) is 0. The summed E-state index contributed by atoms with van der Waals surface area (Å²) in [6.07, 6.45) is -9.84. The average molecular weight is 320 g/mol. The summed E-state index contributed by atoms with van der Waals surface area (Å²) in [5.74, 6) is 5.63. The van der Waals surface area contributed by atoms with Crippen molar-refractivity contribution in [2.45, 2.75) is 12.4 Å². The van der Waals surface area contributed by atoms with Crippen LogP contribution in [-0.2, 0) is 12.4 Å². The van der Waals surface area contributed by atoms with E-state index in [1.165, 1.54) is 12.1 Å². The van der Waals surface area contributed by atoms with Gasteiger partial charge in [-0.3, -0.25) is 5.01 Å². The second-order valence-electron chi connectivity index (χ2n) is 4.43. The van der Waals surface area contributed by atoms with E-state index in [9.17, 15) is 26.3 Å². The van der Waals surface area contributed by atoms with Crippen molar-refractivity contribution in [1.82, 2.24) is 0 Å². The van der Waals surface area contributed by atoms with Gasteiger partial charge < -0.3 is 0 Å². The van der Waals surface area contributed by atoms with Gasteiger partial charge in [-0.25, -0.2) is 5.84 Å². The minimum Gasteiger partial charge on any atom is -0.279 e. The van der Waals surface area contributed by atoms with Crippen molar-refractivity contribution >= 4 is 11.4 Å². The van der Waals surface area contributed by atoms with E-state index in [2.05, 4.69) is 0 Å². The van der Waals surface area contributed by atoms with E-state index in [0.29, 0.717) is 17.1 Å². The molecular weight excluding hydrogens is 310 g/mol. The first kappa shape index (κ1) is 16.2. The lowest BCUT2D eigenvalue weighted by Gasteiger charge is -2.24. The van der Waals surface area contributed by atoms with E-state index >= 15 is 0 Å². The molecule has 2 rings (SSSR count). The van der Waals surface area contributed by atoms with Gasteiger partial charge in [-0.1, -0.05) is 18.2 Å². The number of alkyl halides is 6. The van der Waals surface area contributed by atoms with Crippen molar-refractivity contribution in [3.8, 4) is 0 Å². The number of hydrogen-bond acceptors (Lipinski definition) is 2. The van der Waals surface area contributed by atoms with Crippen LogP contribution in [0.3, 0.4) is 0 Å². The summed E-state index contributed by atoms with van der Waals surface area (Å²) < 4.78 is 76.9. The molecule has 0 heterocycles. The summed E-state index contributed by atoms with van der Waals surface area (Å²) in [5.41, 5.74) is -3.18. The summed E-state index contributed by atoms with van der Waals surface area (Å²) >= 11 is 0. The predicted octanol–water partition coefficient (Wildman–Crippen LogP) is 4.74. The normalized spacial score (nSPS) is 12.3. The maximum absolute atomic E-state index is 13.0. The highest BCUT2D eigenvalue weighted by atomic mass is 19.4. The molecule has 2 aromatic carbocycles. The SMILES string of the molecule is NN(c1ccccc1)c1ccc(C(F)(F)F)cc1C(F)(F)F. The number of hydrazine groups is 1. The minimum atomic E-state index is -4.97. The van der Waals surface area contributed by atoms with Gasteiger partial charge in [0.05, 0.1) is 22.5 Å². The quantitative estimate of drug-likeness (QED) is 0.492. The molecule has 0 amide bonds. The minimum absolute atomic E-state index is 0.0537. The zero-order chi connectivity index (χ0) is 16.5. The highest BCUT2D eigenvalue weighted by Gasteiger charge is 2.39. The molecule has 0 unspecified atom stereocenters. The Morgan fingerprint density at radius 2 is 1.36 bits per heavy atom. The molecule has 0 saturated carbocycles. The van der Waals surface area contributed by atoms with Crippen molar-refractivity contribution in [1.29, 1.82) is 0 Å². The van der Waals surface area contributed by atoms with Crippen LogP contribution >= 0.6 is 0 Å². The molecule has 0 saturated heterocycles. The summed E-state index contributed by atoms with van der Waals surface area (Å²) in [4.78, 5) is 0. The largest absolute Gasteiger partial charge is 0.418 e. The van der Waals surface area contributed by atoms with Crippen LogP contribution in [0.2, 0.25) is 0 Å². The molecule has 0 radical (unpaired) electrons. The molecule has 0 aliphatic heterocycles. The second kappa shape index (κ2) is 5.53. The first-order chi connectivity index (χ1) is 10.1. The van der Waals surface area contributed by atoms with Gasteiger partial charge in [0.1, 0.15) is 0 Å². The van der Waals surface area contributed by atoms with E-state index < -0.39 is 29.2 Å². The first-order valence-corrected chi connectivity index (χ1v) is 5.99. The van der Waals surface area contributed by atoms with Crippen molar-refractivity contribution in [2.24, 2.45) is 5.84 Å². The highest BCUT2D eigenvalue weighted by Crippen LogP contribution is 2.41. The lowest BCUT2D eigenvalue weighted by atomic mass is 10.1. The molecule has 2 aromatic rings. The highest BCUT2D eigenvalue weighted by molar-refractivity contribution is 5.66. The van der Waals surface area contributed by atoms with Crippen molar-refractivity contribution in [3.63, 3.8) is 0 Å². The molecule has 22 heavy (non-hydrogen) atoms. The molecular formula is C14H10F6N2. The van der Waals surface area contributed by atoms with Gasteiger partial charge in [0.25, 0.3) is 0 Å². The zero-order valence-corrected chi connectivity index (χ0v) is 10.9. The number of rotatable bonds is 2. The van der Waals surface area contributed by atoms with Crippen LogP contribution in [0.4, 0.5) is 37.7 Å². The second-order valence-corrected chi connectivity index (χ2v) is 4.43. The van der Waals surface area contributed by atoms with Crippen LogP contribution in [0.25, 0.3) is 0 Å². The standard InChI is InChI=1S/C14H10F6N2/c15-13(16,17)9-6-7-12(11(8-9)14(18,19)20)22(21)10-4-2-1-3-5-10/h1-8H,21H2. The molecule has 0 atom stereocenters. The van der Waals surface area contributed by atoms with Crippen molar-refractivity contribution in [2.75, 3.05) is 5.01 Å². The Kier molecular flexibility index (Phi) is 4.06. The fourth-order valence-electron chi connectivity index (χ4n) is 1.88. The number of nitrogens with two attached hydrogens (primary N) is 1. The van der Waals surface area contributed by atoms with Crippen LogP contribution in [0.15, 0.2) is 48.5 Å². The lowest BCUT2D eigenvalue weighted by molar-refractivity contribution is -0.142. The Hall–Kier alpha value is -2.22. The number of nitrogens with zero attached hydrogens (tertiary/aromatic N) is 1. The maximum atomic E-state index is 13.0. The van der Waals surface area contributed by atoms with Crippen LogP contribution in [-0.4, -0.2) is 0 Å². The first-order valence-electron chi connectivity index (χ1n) is 5.99. The molecule has 0 fully saturated rings. The monoisotopic (exact) mass is 320 g/mol. The Bertz CT molecular complexity index is 649. The van der Waals surface area contributed by atoms with Crippen molar-refractivity contribution < 1.29 is 26.3 Å². The molecule has 8 heteroatoms. The zero-order valence-electron chi connectivity index (χ0n) is 10.9. The topological polar surface area (TPSA) is 29.3 Å². The molecule has 0 aliphatic carbocycles. The van der Waals surface area contributed by atoms with Crippen LogP contribution in [0.5, 0.6) is 0 Å². The van der Waals surface area contributed by atoms with Gasteiger partial charge in [-0.2, -0.15) is 26.3 Å². The summed E-state index contributed by atoms with van der Waals surface area (Å²) in [6, 6.07) is 8.94. The Balaban J connectivity index is 2.56. The van der Waals surface area contributed by atoms with E-state index in [-0.39, 0.29) is 11.8 Å². The summed E-state index contributed by atoms with van der Waals surface area (Å²) in [7, 11) is 0. The predicted molar refractivity (Wildman–Crippen MR) is 69.2 cm³/mol. The van der Waals surface area contributed by atoms with Crippen LogP contribution in [0.1, 0.15) is 11.1 Å². The Morgan fingerprint density at radius 3 is 1.86 bits per heavy atom. The molecule has 0 aromatic heterocycles. The van der Waals surface area contributed by atoms with Gasteiger partial charge in [-0.05, 0) is 30.3 Å². The Labute approximate surface area is 121 Å². The number of benzene rings is 2. The van der Waals surface area contributed by atoms with Gasteiger partial charge >= 0.3 is 12.4 Å². The van der Waals surface area contributed by atoms with Gasteiger partial charge in [0.2, 0.25) is 0 Å². The Morgan fingerprint density at radius 1 is 0.773 bits per heavy atom. The van der Waals surface area contributed by atoms with E-state index in [1.54, 1.807) is 18.2 Å². The number of halogens is 6. The molecule has 2 nitrogen and oxygen atoms in total. The van der Waals surface area contributed by atoms with Gasteiger partial charge in [0.15, 0.2) is 0 Å². The number of para-hydroxylation sites is 1. The lowest BCUT2D eigenvalue weighted by Crippen LogP contribution is -2.28. The van der Waals surface area contributed by atoms with Crippen LogP contribution in [0, 0.1) is 0 Å². The smallest absolute Gasteiger partial charge is 0.279 e. The van der Waals surface area contributed by atoms with E-state index in [1.807, 2.05) is 0 Å². The molecule has 118 valence electrons. The number of hydrogen-bond donors (Lipinski definition) is 1. The fraction of sp³-hybridized carbons (Fsp3) is 0.143. The van der Waals surface area contributed by atoms with E-state index in [4.69, 9.17) is 5.84 Å². The third-order valence-electron chi connectivity index (χ3n) is 2.92. The third kappa shape index (κ3) is 3.33. The van der Waals surface area contributed by atoms with Gasteiger partial charge in [-0.15, -0.1) is 0 Å². The summed E-state index contributed by atoms with van der Waals surface area (Å²) in [5, 5.41) is 0.697. The van der Waals surface area contributed by atoms with Gasteiger partial charge in [0, 0.05) is 0 Å². The van der Waals surface area contributed by atoms with E-state index in [0.717, 1.165) is 0 Å². The molecule has 0 bridgehead atoms. The molecule has 2 N–H and O–H groups in total. The van der Waals surface area contributed by atoms with Crippen LogP contribution < -0.4 is 10.9 Å². The number of anilines is 2. The van der Waals surface area contributed by atoms with Crippen molar-refractivity contribution in [3.05, 3.63) is 59.7 Å². The third-order valence-corrected chi connectivity index (χ3v) is 2.92. The average Bonchev–Trinajstić information content (AvgIpc) is 2.45. The fourth-order valence-corrected chi connectivity index (χ4v) is 1.88.